The van der Waals surface area contributed by atoms with Crippen molar-refractivity contribution in [3.05, 3.63) is 35.1 Å². The first-order valence-electron chi connectivity index (χ1n) is 3.38. The lowest BCUT2D eigenvalue weighted by atomic mass is 10.1. The average Bonchev–Trinajstić information content (AvgIpc) is 1.94. The van der Waals surface area contributed by atoms with Gasteiger partial charge < -0.3 is 0 Å². The van der Waals surface area contributed by atoms with E-state index in [4.69, 9.17) is 0 Å². The second-order valence-electron chi connectivity index (χ2n) is 2.52. The van der Waals surface area contributed by atoms with Crippen LogP contribution in [0.15, 0.2) is 18.2 Å². The van der Waals surface area contributed by atoms with Crippen molar-refractivity contribution < 1.29 is 9.18 Å². The SMILES string of the molecule is CC(=O)c1ccc(C)c([18F])c1. The van der Waals surface area contributed by atoms with Gasteiger partial charge in [0.25, 0.3) is 0 Å². The van der Waals surface area contributed by atoms with E-state index in [1.165, 1.54) is 13.0 Å². The van der Waals surface area contributed by atoms with Gasteiger partial charge in [-0.1, -0.05) is 12.1 Å². The summed E-state index contributed by atoms with van der Waals surface area (Å²) in [6.07, 6.45) is 0. The zero-order chi connectivity index (χ0) is 8.43. The van der Waals surface area contributed by atoms with Gasteiger partial charge in [0, 0.05) is 5.56 Å². The molecule has 0 N–H and O–H groups in total. The number of rotatable bonds is 1. The molecule has 0 saturated heterocycles. The van der Waals surface area contributed by atoms with Crippen LogP contribution < -0.4 is 0 Å². The third-order valence-electron chi connectivity index (χ3n) is 1.58. The zero-order valence-electron chi connectivity index (χ0n) is 6.52. The number of aryl methyl sites for hydroxylation is 1. The van der Waals surface area contributed by atoms with E-state index in [0.29, 0.717) is 11.1 Å². The van der Waals surface area contributed by atoms with Crippen LogP contribution in [0.4, 0.5) is 4.39 Å². The Morgan fingerprint density at radius 1 is 1.45 bits per heavy atom. The Bertz CT molecular complexity index is 292. The predicted molar refractivity (Wildman–Crippen MR) is 41.1 cm³/mol. The molecule has 1 rings (SSSR count). The van der Waals surface area contributed by atoms with Gasteiger partial charge in [-0.05, 0) is 25.5 Å². The van der Waals surface area contributed by atoms with Gasteiger partial charge >= 0.3 is 0 Å². The van der Waals surface area contributed by atoms with Crippen LogP contribution in [0.25, 0.3) is 0 Å². The molecule has 1 aromatic carbocycles. The second kappa shape index (κ2) is 2.82. The Morgan fingerprint density at radius 2 is 2.09 bits per heavy atom. The monoisotopic (exact) mass is 151 g/mol. The molecule has 0 radical (unpaired) electrons. The number of halogens is 1. The van der Waals surface area contributed by atoms with Crippen molar-refractivity contribution in [2.45, 2.75) is 13.8 Å². The van der Waals surface area contributed by atoms with Gasteiger partial charge in [0.15, 0.2) is 5.78 Å². The quantitative estimate of drug-likeness (QED) is 0.563. The number of hydrogen-bond donors (Lipinski definition) is 0. The first-order valence-corrected chi connectivity index (χ1v) is 3.38. The summed E-state index contributed by atoms with van der Waals surface area (Å²) in [7, 11) is 0. The van der Waals surface area contributed by atoms with Gasteiger partial charge in [-0.25, -0.2) is 4.39 Å². The van der Waals surface area contributed by atoms with Crippen molar-refractivity contribution >= 4 is 5.78 Å². The highest BCUT2D eigenvalue weighted by molar-refractivity contribution is 5.94. The lowest BCUT2D eigenvalue weighted by Crippen LogP contribution is -1.93. The molecule has 0 aromatic heterocycles. The highest BCUT2D eigenvalue weighted by Gasteiger charge is 2.01. The molecule has 0 bridgehead atoms. The molecular formula is C9H9FO. The standard InChI is InChI=1S/C9H9FO/c1-6-3-4-8(7(2)11)5-9(6)10/h3-5H,1-2H3/i10-1. The van der Waals surface area contributed by atoms with Crippen LogP contribution in [0, 0.1) is 12.7 Å². The van der Waals surface area contributed by atoms with E-state index in [1.807, 2.05) is 0 Å². The van der Waals surface area contributed by atoms with E-state index in [9.17, 15) is 9.18 Å². The Labute approximate surface area is 64.9 Å². The Balaban J connectivity index is 3.15. The molecular weight excluding hydrogens is 142 g/mol. The molecule has 2 heteroatoms. The highest BCUT2D eigenvalue weighted by atomic mass is 18.2. The minimum absolute atomic E-state index is 0.107. The third-order valence-corrected chi connectivity index (χ3v) is 1.58. The van der Waals surface area contributed by atoms with Crippen molar-refractivity contribution in [1.29, 1.82) is 0 Å². The molecule has 0 amide bonds. The number of benzene rings is 1. The largest absolute Gasteiger partial charge is 0.295 e. The maximum atomic E-state index is 12.8. The topological polar surface area (TPSA) is 17.1 Å². The number of ketones is 1. The Hall–Kier alpha value is -1.18. The first kappa shape index (κ1) is 7.92. The molecule has 0 heterocycles. The molecule has 0 atom stereocenters. The summed E-state index contributed by atoms with van der Waals surface area (Å²) in [5.74, 6) is -0.429. The van der Waals surface area contributed by atoms with Crippen molar-refractivity contribution in [1.82, 2.24) is 0 Å². The van der Waals surface area contributed by atoms with Crippen LogP contribution in [0.1, 0.15) is 22.8 Å². The summed E-state index contributed by atoms with van der Waals surface area (Å²) >= 11 is 0. The number of hydrogen-bond acceptors (Lipinski definition) is 1. The van der Waals surface area contributed by atoms with Gasteiger partial charge in [0.1, 0.15) is 5.82 Å². The van der Waals surface area contributed by atoms with E-state index < -0.39 is 0 Å². The molecule has 1 nitrogen and oxygen atoms in total. The minimum Gasteiger partial charge on any atom is -0.295 e. The lowest BCUT2D eigenvalue weighted by molar-refractivity contribution is 0.101. The summed E-state index contributed by atoms with van der Waals surface area (Å²) < 4.78 is 12.8. The van der Waals surface area contributed by atoms with Crippen molar-refractivity contribution in [3.63, 3.8) is 0 Å². The summed E-state index contributed by atoms with van der Waals surface area (Å²) in [4.78, 5) is 10.7. The fourth-order valence-corrected chi connectivity index (χ4v) is 0.812. The summed E-state index contributed by atoms with van der Waals surface area (Å²) in [5.41, 5.74) is 0.989. The van der Waals surface area contributed by atoms with E-state index >= 15 is 0 Å². The van der Waals surface area contributed by atoms with Gasteiger partial charge in [-0.2, -0.15) is 0 Å². The van der Waals surface area contributed by atoms with Crippen molar-refractivity contribution in [2.75, 3.05) is 0 Å². The molecule has 0 saturated carbocycles. The fourth-order valence-electron chi connectivity index (χ4n) is 0.812. The number of Topliss-reactive ketones (excluding diaryl/α,β-unsaturated/α-hetero) is 1. The van der Waals surface area contributed by atoms with E-state index in [2.05, 4.69) is 0 Å². The third kappa shape index (κ3) is 1.64. The van der Waals surface area contributed by atoms with Crippen LogP contribution in [0.5, 0.6) is 0 Å². The summed E-state index contributed by atoms with van der Waals surface area (Å²) in [6.45, 7) is 3.09. The molecule has 0 aliphatic carbocycles. The maximum Gasteiger partial charge on any atom is 0.159 e. The molecule has 1 aromatic rings. The number of carbonyl (C=O) groups excluding carboxylic acids is 1. The molecule has 0 fully saturated rings. The van der Waals surface area contributed by atoms with Crippen LogP contribution >= 0.6 is 0 Å². The fraction of sp³-hybridized carbons (Fsp3) is 0.222. The predicted octanol–water partition coefficient (Wildman–Crippen LogP) is 2.34. The van der Waals surface area contributed by atoms with E-state index in [-0.39, 0.29) is 11.6 Å². The second-order valence-corrected chi connectivity index (χ2v) is 2.52. The van der Waals surface area contributed by atoms with Crippen molar-refractivity contribution in [3.8, 4) is 0 Å². The molecule has 0 aliphatic heterocycles. The first-order chi connectivity index (χ1) is 5.11. The molecule has 0 unspecified atom stereocenters. The molecule has 58 valence electrons. The zero-order valence-corrected chi connectivity index (χ0v) is 6.52. The van der Waals surface area contributed by atoms with Gasteiger partial charge in [-0.3, -0.25) is 4.79 Å². The van der Waals surface area contributed by atoms with Crippen LogP contribution in [0.3, 0.4) is 0 Å². The lowest BCUT2D eigenvalue weighted by Gasteiger charge is -1.97. The van der Waals surface area contributed by atoms with Gasteiger partial charge in [0.05, 0.1) is 0 Å². The molecule has 11 heavy (non-hydrogen) atoms. The average molecular weight is 151 g/mol. The van der Waals surface area contributed by atoms with E-state index in [0.717, 1.165) is 0 Å². The Morgan fingerprint density at radius 3 is 2.55 bits per heavy atom. The van der Waals surface area contributed by atoms with Crippen LogP contribution in [-0.2, 0) is 0 Å². The number of carbonyl (C=O) groups is 1. The summed E-state index contributed by atoms with van der Waals surface area (Å²) in [6, 6.07) is 4.49. The minimum atomic E-state index is -0.322. The smallest absolute Gasteiger partial charge is 0.159 e. The normalized spacial score (nSPS) is 9.73. The van der Waals surface area contributed by atoms with Gasteiger partial charge in [0.2, 0.25) is 0 Å². The van der Waals surface area contributed by atoms with Crippen LogP contribution in [0.2, 0.25) is 0 Å². The van der Waals surface area contributed by atoms with Crippen molar-refractivity contribution in [2.24, 2.45) is 0 Å². The summed E-state index contributed by atoms with van der Waals surface area (Å²) in [5, 5.41) is 0. The van der Waals surface area contributed by atoms with Crippen LogP contribution in [-0.4, -0.2) is 5.78 Å². The highest BCUT2D eigenvalue weighted by Crippen LogP contribution is 2.09. The molecule has 0 spiro atoms. The molecule has 0 aliphatic rings. The maximum absolute atomic E-state index is 12.8. The Kier molecular flexibility index (Phi) is 2.03. The van der Waals surface area contributed by atoms with E-state index in [1.54, 1.807) is 19.1 Å². The van der Waals surface area contributed by atoms with Gasteiger partial charge in [-0.15, -0.1) is 0 Å².